The number of aromatic nitrogens is 1. The Balaban J connectivity index is 1.45. The fraction of sp³-hybridized carbons (Fsp3) is 0.148. The summed E-state index contributed by atoms with van der Waals surface area (Å²) >= 11 is 0. The summed E-state index contributed by atoms with van der Waals surface area (Å²) in [5.41, 5.74) is 6.57. The minimum Gasteiger partial charge on any atom is -0.378 e. The Bertz CT molecular complexity index is 1450. The van der Waals surface area contributed by atoms with Crippen LogP contribution >= 0.6 is 0 Å². The number of morpholine rings is 1. The van der Waals surface area contributed by atoms with E-state index in [2.05, 4.69) is 15.4 Å². The maximum absolute atomic E-state index is 13.2. The van der Waals surface area contributed by atoms with Crippen LogP contribution in [0.15, 0.2) is 84.0 Å². The Kier molecular flexibility index (Phi) is 6.63. The highest BCUT2D eigenvalue weighted by molar-refractivity contribution is 6.07. The lowest BCUT2D eigenvalue weighted by atomic mass is 10.0. The molecule has 2 heterocycles. The highest BCUT2D eigenvalue weighted by Gasteiger charge is 2.18. The van der Waals surface area contributed by atoms with Crippen LogP contribution in [0.2, 0.25) is 0 Å². The molecule has 1 aromatic heterocycles. The number of hydrogen-bond donors (Lipinski definition) is 1. The molecule has 36 heavy (non-hydrogen) atoms. The van der Waals surface area contributed by atoms with Crippen molar-refractivity contribution >= 4 is 34.4 Å². The maximum Gasteiger partial charge on any atom is 0.272 e. The van der Waals surface area contributed by atoms with Gasteiger partial charge in [0.25, 0.3) is 11.6 Å². The zero-order valence-corrected chi connectivity index (χ0v) is 19.3. The molecule has 1 saturated heterocycles. The summed E-state index contributed by atoms with van der Waals surface area (Å²) in [6.07, 6.45) is 1.44. The van der Waals surface area contributed by atoms with Gasteiger partial charge in [-0.2, -0.15) is 5.10 Å². The number of fused-ring (bicyclic) bond motifs is 1. The number of nitrogens with zero attached hydrogens (tertiary/aromatic N) is 4. The molecule has 3 aromatic carbocycles. The van der Waals surface area contributed by atoms with Crippen LogP contribution in [0.1, 0.15) is 15.9 Å². The second-order valence-electron chi connectivity index (χ2n) is 8.24. The number of hydrogen-bond acceptors (Lipinski definition) is 7. The quantitative estimate of drug-likeness (QED) is 0.248. The fourth-order valence-corrected chi connectivity index (χ4v) is 4.19. The summed E-state index contributed by atoms with van der Waals surface area (Å²) in [5.74, 6) is -0.402. The van der Waals surface area contributed by atoms with Gasteiger partial charge in [-0.3, -0.25) is 14.9 Å². The number of benzene rings is 3. The van der Waals surface area contributed by atoms with Crippen LogP contribution in [0, 0.1) is 10.1 Å². The first-order chi connectivity index (χ1) is 17.6. The minimum absolute atomic E-state index is 0.0487. The molecule has 5 rings (SSSR count). The van der Waals surface area contributed by atoms with Crippen LogP contribution in [0.5, 0.6) is 0 Å². The Morgan fingerprint density at radius 1 is 1.03 bits per heavy atom. The summed E-state index contributed by atoms with van der Waals surface area (Å²) in [5, 5.41) is 16.2. The van der Waals surface area contributed by atoms with Crippen LogP contribution in [0.3, 0.4) is 0 Å². The Morgan fingerprint density at radius 2 is 1.78 bits per heavy atom. The third kappa shape index (κ3) is 4.91. The van der Waals surface area contributed by atoms with Gasteiger partial charge in [-0.05, 0) is 18.2 Å². The molecule has 9 nitrogen and oxygen atoms in total. The molecule has 0 aliphatic carbocycles. The first-order valence-electron chi connectivity index (χ1n) is 11.5. The van der Waals surface area contributed by atoms with Crippen molar-refractivity contribution in [2.75, 3.05) is 31.2 Å². The van der Waals surface area contributed by atoms with Crippen LogP contribution in [-0.2, 0) is 4.74 Å². The monoisotopic (exact) mass is 481 g/mol. The van der Waals surface area contributed by atoms with E-state index in [0.717, 1.165) is 11.3 Å². The molecule has 0 atom stereocenters. The first kappa shape index (κ1) is 23.1. The third-order valence-electron chi connectivity index (χ3n) is 5.97. The van der Waals surface area contributed by atoms with Crippen LogP contribution in [0.25, 0.3) is 22.2 Å². The minimum atomic E-state index is -0.451. The number of anilines is 1. The van der Waals surface area contributed by atoms with Crippen molar-refractivity contribution in [2.45, 2.75) is 0 Å². The van der Waals surface area contributed by atoms with Crippen molar-refractivity contribution in [1.29, 1.82) is 0 Å². The lowest BCUT2D eigenvalue weighted by molar-refractivity contribution is -0.384. The van der Waals surface area contributed by atoms with Gasteiger partial charge in [0.15, 0.2) is 0 Å². The Hall–Kier alpha value is -4.63. The average molecular weight is 482 g/mol. The van der Waals surface area contributed by atoms with Gasteiger partial charge in [-0.15, -0.1) is 0 Å². The summed E-state index contributed by atoms with van der Waals surface area (Å²) in [4.78, 5) is 30.9. The number of nitrogens with one attached hydrogen (secondary N) is 1. The second-order valence-corrected chi connectivity index (χ2v) is 8.24. The van der Waals surface area contributed by atoms with E-state index in [9.17, 15) is 14.9 Å². The summed E-state index contributed by atoms with van der Waals surface area (Å²) in [6, 6.07) is 23.4. The molecule has 1 fully saturated rings. The van der Waals surface area contributed by atoms with Crippen molar-refractivity contribution < 1.29 is 14.5 Å². The molecule has 0 radical (unpaired) electrons. The molecule has 9 heteroatoms. The van der Waals surface area contributed by atoms with Crippen molar-refractivity contribution in [1.82, 2.24) is 10.4 Å². The molecule has 1 aliphatic heterocycles. The number of hydrazone groups is 1. The zero-order chi connectivity index (χ0) is 24.9. The van der Waals surface area contributed by atoms with Crippen molar-refractivity contribution in [2.24, 2.45) is 5.10 Å². The number of amides is 1. The van der Waals surface area contributed by atoms with E-state index in [1.807, 2.05) is 54.6 Å². The van der Waals surface area contributed by atoms with E-state index >= 15 is 0 Å². The van der Waals surface area contributed by atoms with Crippen LogP contribution in [-0.4, -0.2) is 48.3 Å². The van der Waals surface area contributed by atoms with Crippen molar-refractivity contribution in [3.05, 3.63) is 100 Å². The standard InChI is InChI=1S/C27H23N5O4/c33-27(23-17-25(19-6-2-1-3-7-19)29-24-9-5-4-8-22(23)24)30-28-18-20-16-21(32(34)35)10-11-26(20)31-12-14-36-15-13-31/h1-11,16-18H,12-15H2,(H,30,33)/b28-18+. The lowest BCUT2D eigenvalue weighted by Crippen LogP contribution is -2.36. The number of para-hydroxylation sites is 1. The average Bonchev–Trinajstić information content (AvgIpc) is 2.93. The van der Waals surface area contributed by atoms with E-state index in [0.29, 0.717) is 54.0 Å². The molecule has 4 aromatic rings. The van der Waals surface area contributed by atoms with E-state index < -0.39 is 10.8 Å². The summed E-state index contributed by atoms with van der Waals surface area (Å²) in [6.45, 7) is 2.47. The molecular formula is C27H23N5O4. The van der Waals surface area contributed by atoms with E-state index in [1.165, 1.54) is 18.3 Å². The van der Waals surface area contributed by atoms with Gasteiger partial charge >= 0.3 is 0 Å². The van der Waals surface area contributed by atoms with Gasteiger partial charge < -0.3 is 9.64 Å². The van der Waals surface area contributed by atoms with Crippen molar-refractivity contribution in [3.8, 4) is 11.3 Å². The molecule has 1 N–H and O–H groups in total. The molecule has 0 spiro atoms. The van der Waals surface area contributed by atoms with E-state index in [-0.39, 0.29) is 5.69 Å². The molecule has 1 amide bonds. The Labute approximate surface area is 207 Å². The number of rotatable bonds is 6. The fourth-order valence-electron chi connectivity index (χ4n) is 4.19. The molecule has 0 bridgehead atoms. The number of non-ortho nitro benzene ring substituents is 1. The third-order valence-corrected chi connectivity index (χ3v) is 5.97. The van der Waals surface area contributed by atoms with Gasteiger partial charge in [0.05, 0.1) is 41.1 Å². The molecule has 0 saturated carbocycles. The highest BCUT2D eigenvalue weighted by atomic mass is 16.6. The smallest absolute Gasteiger partial charge is 0.272 e. The van der Waals surface area contributed by atoms with Crippen LogP contribution < -0.4 is 10.3 Å². The predicted octanol–water partition coefficient (Wildman–Crippen LogP) is 4.41. The topological polar surface area (TPSA) is 110 Å². The number of pyridine rings is 1. The SMILES string of the molecule is O=C(N/N=C/c1cc([N+](=O)[O-])ccc1N1CCOCC1)c1cc(-c2ccccc2)nc2ccccc12. The normalized spacial score (nSPS) is 13.7. The Morgan fingerprint density at radius 3 is 2.56 bits per heavy atom. The second kappa shape index (κ2) is 10.3. The largest absolute Gasteiger partial charge is 0.378 e. The summed E-state index contributed by atoms with van der Waals surface area (Å²) in [7, 11) is 0. The maximum atomic E-state index is 13.2. The molecule has 0 unspecified atom stereocenters. The van der Waals surface area contributed by atoms with E-state index in [4.69, 9.17) is 9.72 Å². The molecule has 180 valence electrons. The summed E-state index contributed by atoms with van der Waals surface area (Å²) < 4.78 is 5.42. The van der Waals surface area contributed by atoms with Crippen molar-refractivity contribution in [3.63, 3.8) is 0 Å². The van der Waals surface area contributed by atoms with Gasteiger partial charge in [0.2, 0.25) is 0 Å². The van der Waals surface area contributed by atoms with Gasteiger partial charge in [-0.25, -0.2) is 10.4 Å². The van der Waals surface area contributed by atoms with E-state index in [1.54, 1.807) is 12.1 Å². The lowest BCUT2D eigenvalue weighted by Gasteiger charge is -2.29. The molecule has 1 aliphatic rings. The first-order valence-corrected chi connectivity index (χ1v) is 11.5. The molecular weight excluding hydrogens is 458 g/mol. The number of carbonyl (C=O) groups excluding carboxylic acids is 1. The highest BCUT2D eigenvalue weighted by Crippen LogP contribution is 2.26. The zero-order valence-electron chi connectivity index (χ0n) is 19.3. The number of nitro benzene ring substituents is 1. The van der Waals surface area contributed by atoms with Crippen LogP contribution in [0.4, 0.5) is 11.4 Å². The predicted molar refractivity (Wildman–Crippen MR) is 138 cm³/mol. The van der Waals surface area contributed by atoms with Gasteiger partial charge in [0.1, 0.15) is 0 Å². The number of ether oxygens (including phenoxy) is 1. The van der Waals surface area contributed by atoms with Gasteiger partial charge in [-0.1, -0.05) is 48.5 Å². The number of carbonyl (C=O) groups is 1. The number of nitro groups is 1. The van der Waals surface area contributed by atoms with Gasteiger partial charge in [0, 0.05) is 47.4 Å².